The number of rotatable bonds is 3. The Bertz CT molecular complexity index is 1660. The summed E-state index contributed by atoms with van der Waals surface area (Å²) in [6.07, 6.45) is 6.15. The third kappa shape index (κ3) is 3.32. The number of hydrogen-bond donors (Lipinski definition) is 2. The number of anilines is 4. The summed E-state index contributed by atoms with van der Waals surface area (Å²) in [5, 5.41) is 7.79. The molecule has 3 N–H and O–H groups in total. The molecule has 3 aliphatic heterocycles. The second-order valence-electron chi connectivity index (χ2n) is 11.5. The van der Waals surface area contributed by atoms with Crippen molar-refractivity contribution in [1.82, 2.24) is 20.2 Å². The molecule has 1 saturated heterocycles. The van der Waals surface area contributed by atoms with E-state index in [4.69, 9.17) is 20.4 Å². The number of fused-ring (bicyclic) bond motifs is 2. The van der Waals surface area contributed by atoms with Crippen LogP contribution < -0.4 is 25.2 Å². The van der Waals surface area contributed by atoms with Gasteiger partial charge in [0.25, 0.3) is 0 Å². The largest absolute Gasteiger partial charge is 0.496 e. The number of nitrogens with zero attached hydrogens (tertiary/aromatic N) is 6. The number of hydrogen-bond acceptors (Lipinski definition) is 8. The molecule has 0 unspecified atom stereocenters. The lowest BCUT2D eigenvalue weighted by Crippen LogP contribution is -2.45. The van der Waals surface area contributed by atoms with Crippen molar-refractivity contribution in [1.29, 1.82) is 0 Å². The van der Waals surface area contributed by atoms with E-state index in [9.17, 15) is 4.79 Å². The van der Waals surface area contributed by atoms with Crippen LogP contribution in [0.2, 0.25) is 0 Å². The van der Waals surface area contributed by atoms with E-state index in [1.54, 1.807) is 7.11 Å². The third-order valence-corrected chi connectivity index (χ3v) is 9.61. The zero-order valence-corrected chi connectivity index (χ0v) is 22.6. The first-order chi connectivity index (χ1) is 19.6. The van der Waals surface area contributed by atoms with Gasteiger partial charge in [0.1, 0.15) is 11.6 Å². The highest BCUT2D eigenvalue weighted by Crippen LogP contribution is 2.53. The highest BCUT2D eigenvalue weighted by molar-refractivity contribution is 6.03. The highest BCUT2D eigenvalue weighted by Gasteiger charge is 2.47. The number of carbonyl (C=O) groups excluding carboxylic acids is 1. The van der Waals surface area contributed by atoms with Crippen LogP contribution >= 0.6 is 0 Å². The van der Waals surface area contributed by atoms with Crippen LogP contribution in [0.1, 0.15) is 42.0 Å². The summed E-state index contributed by atoms with van der Waals surface area (Å²) in [6, 6.07) is 12.5. The molecule has 5 heterocycles. The van der Waals surface area contributed by atoms with Crippen molar-refractivity contribution in [2.24, 2.45) is 11.1 Å². The smallest absolute Gasteiger partial charge is 0.227 e. The van der Waals surface area contributed by atoms with Crippen molar-refractivity contribution < 1.29 is 9.53 Å². The number of para-hydroxylation sites is 1. The first kappa shape index (κ1) is 23.7. The van der Waals surface area contributed by atoms with Gasteiger partial charge in [-0.3, -0.25) is 9.89 Å². The van der Waals surface area contributed by atoms with Gasteiger partial charge >= 0.3 is 0 Å². The first-order valence-electron chi connectivity index (χ1n) is 14.1. The lowest BCUT2D eigenvalue weighted by Gasteiger charge is -2.42. The van der Waals surface area contributed by atoms with E-state index < -0.39 is 0 Å². The number of carbonyl (C=O) groups is 1. The number of aromatic nitrogens is 4. The van der Waals surface area contributed by atoms with Crippen LogP contribution in [-0.4, -0.2) is 59.4 Å². The molecular formula is C30H32N8O2. The molecule has 4 aliphatic rings. The molecule has 1 fully saturated rings. The fourth-order valence-corrected chi connectivity index (χ4v) is 7.42. The maximum atomic E-state index is 12.6. The van der Waals surface area contributed by atoms with Gasteiger partial charge in [-0.05, 0) is 59.9 Å². The van der Waals surface area contributed by atoms with Gasteiger partial charge in [0.15, 0.2) is 17.0 Å². The average Bonchev–Trinajstić information content (AvgIpc) is 3.53. The summed E-state index contributed by atoms with van der Waals surface area (Å²) in [5.41, 5.74) is 14.0. The summed E-state index contributed by atoms with van der Waals surface area (Å²) in [7, 11) is 1.74. The molecule has 8 rings (SSSR count). The Labute approximate surface area is 232 Å². The van der Waals surface area contributed by atoms with Crippen LogP contribution in [0.4, 0.5) is 23.0 Å². The predicted octanol–water partition coefficient (Wildman–Crippen LogP) is 3.64. The normalized spacial score (nSPS) is 21.2. The Morgan fingerprint density at radius 2 is 1.88 bits per heavy atom. The molecule has 1 spiro atoms. The molecule has 2 aromatic carbocycles. The van der Waals surface area contributed by atoms with E-state index >= 15 is 0 Å². The van der Waals surface area contributed by atoms with Gasteiger partial charge in [-0.25, -0.2) is 9.97 Å². The van der Waals surface area contributed by atoms with Crippen LogP contribution in [0.5, 0.6) is 5.75 Å². The minimum atomic E-state index is 0.0166. The number of ether oxygens (including phenoxy) is 1. The summed E-state index contributed by atoms with van der Waals surface area (Å²) in [4.78, 5) is 28.8. The Hall–Kier alpha value is -4.18. The molecule has 204 valence electrons. The summed E-state index contributed by atoms with van der Waals surface area (Å²) in [6.45, 7) is 3.04. The number of benzene rings is 2. The summed E-state index contributed by atoms with van der Waals surface area (Å²) < 4.78 is 5.65. The van der Waals surface area contributed by atoms with Gasteiger partial charge in [-0.2, -0.15) is 5.10 Å². The standard InChI is InChI=1S/C30H32N8O2/c1-40-22-7-3-5-19-20(22)16-30(27(19)31)10-12-36(13-11-30)23-17-32-25-28(33-23)34-35-29(25)37-14-15-38-24(39)9-8-18-4-2-6-21(37)26(18)38/h2-7,17,27H,8-16,31H2,1H3,(H,33,34,35)/t27-/m1/s1. The number of H-pyrrole nitrogens is 1. The molecule has 2 aromatic heterocycles. The van der Waals surface area contributed by atoms with Crippen LogP contribution in [-0.2, 0) is 17.6 Å². The van der Waals surface area contributed by atoms with Crippen molar-refractivity contribution in [2.45, 2.75) is 38.1 Å². The van der Waals surface area contributed by atoms with E-state index in [0.717, 1.165) is 73.0 Å². The summed E-state index contributed by atoms with van der Waals surface area (Å²) >= 11 is 0. The molecule has 10 nitrogen and oxygen atoms in total. The number of aryl methyl sites for hydroxylation is 1. The van der Waals surface area contributed by atoms with Crippen LogP contribution in [0.15, 0.2) is 42.6 Å². The maximum Gasteiger partial charge on any atom is 0.227 e. The topological polar surface area (TPSA) is 116 Å². The van der Waals surface area contributed by atoms with Crippen LogP contribution in [0.3, 0.4) is 0 Å². The number of nitrogens with two attached hydrogens (primary N) is 1. The summed E-state index contributed by atoms with van der Waals surface area (Å²) in [5.74, 6) is 2.75. The van der Waals surface area contributed by atoms with Gasteiger partial charge in [-0.15, -0.1) is 0 Å². The lowest BCUT2D eigenvalue weighted by atomic mass is 9.73. The highest BCUT2D eigenvalue weighted by atomic mass is 16.5. The number of aromatic amines is 1. The van der Waals surface area contributed by atoms with Gasteiger partial charge in [0.2, 0.25) is 5.91 Å². The molecule has 0 radical (unpaired) electrons. The lowest BCUT2D eigenvalue weighted by molar-refractivity contribution is -0.118. The molecule has 1 aliphatic carbocycles. The minimum absolute atomic E-state index is 0.0166. The van der Waals surface area contributed by atoms with E-state index in [1.807, 2.05) is 23.2 Å². The van der Waals surface area contributed by atoms with Crippen molar-refractivity contribution in [3.63, 3.8) is 0 Å². The van der Waals surface area contributed by atoms with Gasteiger partial charge < -0.3 is 25.2 Å². The number of methoxy groups -OCH3 is 1. The Morgan fingerprint density at radius 1 is 1.05 bits per heavy atom. The second-order valence-corrected chi connectivity index (χ2v) is 11.5. The second kappa shape index (κ2) is 8.66. The van der Waals surface area contributed by atoms with E-state index in [0.29, 0.717) is 25.2 Å². The number of piperidine rings is 1. The average molecular weight is 537 g/mol. The Balaban J connectivity index is 1.05. The van der Waals surface area contributed by atoms with E-state index in [-0.39, 0.29) is 17.4 Å². The first-order valence-corrected chi connectivity index (χ1v) is 14.1. The number of amides is 1. The zero-order valence-electron chi connectivity index (χ0n) is 22.6. The van der Waals surface area contributed by atoms with Gasteiger partial charge in [-0.1, -0.05) is 24.3 Å². The third-order valence-electron chi connectivity index (χ3n) is 9.61. The molecule has 4 aromatic rings. The fourth-order valence-electron chi connectivity index (χ4n) is 7.42. The molecular weight excluding hydrogens is 504 g/mol. The van der Waals surface area contributed by atoms with Crippen LogP contribution in [0.25, 0.3) is 11.2 Å². The molecule has 0 saturated carbocycles. The SMILES string of the molecule is COc1cccc2c1CC1(CCN(c3cnc4c(N5CCN6C(=O)CCc7cccc5c76)n[nH]c4n3)CC1)[C@@H]2N. The van der Waals surface area contributed by atoms with Crippen molar-refractivity contribution in [3.8, 4) is 5.75 Å². The van der Waals surface area contributed by atoms with E-state index in [2.05, 4.69) is 44.3 Å². The van der Waals surface area contributed by atoms with Crippen molar-refractivity contribution in [3.05, 3.63) is 59.3 Å². The predicted molar refractivity (Wildman–Crippen MR) is 153 cm³/mol. The molecule has 10 heteroatoms. The molecule has 40 heavy (non-hydrogen) atoms. The minimum Gasteiger partial charge on any atom is -0.496 e. The fraction of sp³-hybridized carbons (Fsp3) is 0.400. The molecule has 1 amide bonds. The quantitative estimate of drug-likeness (QED) is 0.408. The Morgan fingerprint density at radius 3 is 2.73 bits per heavy atom. The van der Waals surface area contributed by atoms with E-state index in [1.165, 1.54) is 16.7 Å². The monoisotopic (exact) mass is 536 g/mol. The van der Waals surface area contributed by atoms with Crippen molar-refractivity contribution in [2.75, 3.05) is 48.0 Å². The maximum absolute atomic E-state index is 12.6. The number of nitrogens with one attached hydrogen (secondary N) is 1. The molecule has 1 atom stereocenters. The Kier molecular flexibility index (Phi) is 5.13. The van der Waals surface area contributed by atoms with Crippen molar-refractivity contribution >= 4 is 40.1 Å². The van der Waals surface area contributed by atoms with Gasteiger partial charge in [0.05, 0.1) is 24.7 Å². The zero-order chi connectivity index (χ0) is 27.0. The van der Waals surface area contributed by atoms with Gasteiger partial charge in [0, 0.05) is 38.6 Å². The molecule has 0 bridgehead atoms. The van der Waals surface area contributed by atoms with Crippen LogP contribution in [0, 0.1) is 5.41 Å².